The Morgan fingerprint density at radius 2 is 1.75 bits per heavy atom. The molecule has 1 atom stereocenters. The lowest BCUT2D eigenvalue weighted by molar-refractivity contribution is 0.321. The quantitative estimate of drug-likeness (QED) is 0.368. The van der Waals surface area contributed by atoms with Gasteiger partial charge < -0.3 is 19.6 Å². The van der Waals surface area contributed by atoms with Crippen LogP contribution in [0, 0.1) is 0 Å². The number of hydrogen-bond acceptors (Lipinski definition) is 3. The molecule has 1 aliphatic carbocycles. The lowest BCUT2D eigenvalue weighted by Crippen LogP contribution is -2.37. The zero-order valence-corrected chi connectivity index (χ0v) is 10.2. The molecule has 0 saturated heterocycles. The van der Waals surface area contributed by atoms with Gasteiger partial charge in [-0.25, -0.2) is 0 Å². The Bertz CT molecular complexity index is 336. The molecule has 9 heteroatoms. The Morgan fingerprint density at radius 3 is 2.12 bits per heavy atom. The van der Waals surface area contributed by atoms with E-state index in [4.69, 9.17) is 19.6 Å². The van der Waals surface area contributed by atoms with Gasteiger partial charge in [0.1, 0.15) is 0 Å². The number of allylic oxidation sites excluding steroid dienone is 1. The molecule has 0 heterocycles. The minimum Gasteiger partial charge on any atom is -0.323 e. The molecule has 0 aliphatic heterocycles. The van der Waals surface area contributed by atoms with Crippen LogP contribution in [0.1, 0.15) is 19.3 Å². The first-order valence-electron chi connectivity index (χ1n) is 4.74. The van der Waals surface area contributed by atoms with Gasteiger partial charge in [-0.05, 0) is 19.3 Å². The smallest absolute Gasteiger partial charge is 0.323 e. The molecule has 1 aliphatic rings. The summed E-state index contributed by atoms with van der Waals surface area (Å²) in [5.41, 5.74) is -2.12. The van der Waals surface area contributed by atoms with Crippen molar-refractivity contribution in [3.8, 4) is 0 Å². The Hall–Kier alpha value is -0.0000000000000000971. The first-order chi connectivity index (χ1) is 7.21. The van der Waals surface area contributed by atoms with E-state index in [0.29, 0.717) is 6.42 Å². The second-order valence-corrected chi connectivity index (χ2v) is 7.48. The van der Waals surface area contributed by atoms with Gasteiger partial charge in [0.2, 0.25) is 5.52 Å². The zero-order valence-electron chi connectivity index (χ0n) is 8.43. The van der Waals surface area contributed by atoms with Crippen molar-refractivity contribution < 1.29 is 28.7 Å². The molecule has 16 heavy (non-hydrogen) atoms. The Labute approximate surface area is 92.9 Å². The summed E-state index contributed by atoms with van der Waals surface area (Å²) < 4.78 is 21.9. The van der Waals surface area contributed by atoms with Crippen molar-refractivity contribution >= 4 is 15.2 Å². The number of hydrogen-bond donors (Lipinski definition) is 5. The SMILES string of the molecule is O=P(O)(O)C(NC1C=CCCC1)P(=O)(O)O. The van der Waals surface area contributed by atoms with E-state index in [2.05, 4.69) is 5.32 Å². The van der Waals surface area contributed by atoms with Gasteiger partial charge in [-0.15, -0.1) is 0 Å². The Morgan fingerprint density at radius 1 is 1.19 bits per heavy atom. The fourth-order valence-corrected chi connectivity index (χ4v) is 3.87. The van der Waals surface area contributed by atoms with Gasteiger partial charge in [0.05, 0.1) is 0 Å². The van der Waals surface area contributed by atoms with Crippen molar-refractivity contribution in [3.63, 3.8) is 0 Å². The fraction of sp³-hybridized carbons (Fsp3) is 0.714. The van der Waals surface area contributed by atoms with E-state index < -0.39 is 26.8 Å². The molecule has 1 unspecified atom stereocenters. The van der Waals surface area contributed by atoms with Crippen LogP contribution in [0.2, 0.25) is 0 Å². The minimum atomic E-state index is -4.87. The molecule has 1 rings (SSSR count). The van der Waals surface area contributed by atoms with Gasteiger partial charge >= 0.3 is 15.2 Å². The van der Waals surface area contributed by atoms with Crippen LogP contribution >= 0.6 is 15.2 Å². The van der Waals surface area contributed by atoms with Gasteiger partial charge in [0, 0.05) is 6.04 Å². The van der Waals surface area contributed by atoms with Crippen molar-refractivity contribution in [1.82, 2.24) is 5.32 Å². The van der Waals surface area contributed by atoms with Crippen molar-refractivity contribution in [2.75, 3.05) is 0 Å². The van der Waals surface area contributed by atoms with E-state index in [1.807, 2.05) is 6.08 Å². The van der Waals surface area contributed by atoms with Crippen molar-refractivity contribution in [1.29, 1.82) is 0 Å². The van der Waals surface area contributed by atoms with E-state index in [1.165, 1.54) is 0 Å². The average Bonchev–Trinajstić information content (AvgIpc) is 2.12. The van der Waals surface area contributed by atoms with Gasteiger partial charge in [-0.2, -0.15) is 0 Å². The maximum absolute atomic E-state index is 11.0. The van der Waals surface area contributed by atoms with Crippen LogP contribution in [0.4, 0.5) is 0 Å². The minimum absolute atomic E-state index is 0.404. The van der Waals surface area contributed by atoms with E-state index in [1.54, 1.807) is 6.08 Å². The topological polar surface area (TPSA) is 127 Å². The van der Waals surface area contributed by atoms with Crippen molar-refractivity contribution in [2.24, 2.45) is 0 Å². The molecule has 7 nitrogen and oxygen atoms in total. The molecule has 0 saturated carbocycles. The molecule has 0 fully saturated rings. The van der Waals surface area contributed by atoms with E-state index in [9.17, 15) is 9.13 Å². The molecule has 94 valence electrons. The van der Waals surface area contributed by atoms with Gasteiger partial charge in [0.25, 0.3) is 0 Å². The monoisotopic (exact) mass is 271 g/mol. The predicted molar refractivity (Wildman–Crippen MR) is 57.8 cm³/mol. The molecule has 0 aromatic carbocycles. The Balaban J connectivity index is 2.79. The third-order valence-electron chi connectivity index (χ3n) is 2.25. The summed E-state index contributed by atoms with van der Waals surface area (Å²) in [6.45, 7) is 0. The molecule has 0 spiro atoms. The summed E-state index contributed by atoms with van der Waals surface area (Å²) in [7, 11) is -9.74. The van der Waals surface area contributed by atoms with Crippen LogP contribution in [0.25, 0.3) is 0 Å². The fourth-order valence-electron chi connectivity index (χ4n) is 1.53. The van der Waals surface area contributed by atoms with Crippen LogP contribution in [-0.4, -0.2) is 31.1 Å². The molecule has 0 aromatic heterocycles. The number of rotatable bonds is 4. The average molecular weight is 271 g/mol. The maximum Gasteiger partial charge on any atom is 0.354 e. The predicted octanol–water partition coefficient (Wildman–Crippen LogP) is 0.324. The van der Waals surface area contributed by atoms with Crippen LogP contribution in [-0.2, 0) is 9.13 Å². The van der Waals surface area contributed by atoms with E-state index in [-0.39, 0.29) is 0 Å². The molecule has 5 N–H and O–H groups in total. The molecule has 0 aromatic rings. The number of nitrogens with one attached hydrogen (secondary N) is 1. The largest absolute Gasteiger partial charge is 0.354 e. The highest BCUT2D eigenvalue weighted by atomic mass is 31.2. The third kappa shape index (κ3) is 4.11. The summed E-state index contributed by atoms with van der Waals surface area (Å²) in [4.78, 5) is 35.5. The highest BCUT2D eigenvalue weighted by Gasteiger charge is 2.44. The zero-order chi connectivity index (χ0) is 12.4. The summed E-state index contributed by atoms with van der Waals surface area (Å²) >= 11 is 0. The molecular formula is C7H15NO6P2. The normalized spacial score (nSPS) is 22.7. The van der Waals surface area contributed by atoms with E-state index >= 15 is 0 Å². The standard InChI is InChI=1S/C7H15NO6P2/c9-15(10,11)7(16(12,13)14)8-6-4-2-1-3-5-6/h2,4,6-8H,1,3,5H2,(H2,9,10,11)(H2,12,13,14). The van der Waals surface area contributed by atoms with Crippen LogP contribution in [0.3, 0.4) is 0 Å². The summed E-state index contributed by atoms with van der Waals surface area (Å²) in [6, 6.07) is -0.404. The molecule has 0 radical (unpaired) electrons. The molecule has 0 amide bonds. The summed E-state index contributed by atoms with van der Waals surface area (Å²) in [6.07, 6.45) is 5.78. The van der Waals surface area contributed by atoms with Crippen LogP contribution in [0.5, 0.6) is 0 Å². The Kier molecular flexibility index (Phi) is 4.49. The second kappa shape index (κ2) is 5.10. The second-order valence-electron chi connectivity index (χ2n) is 3.68. The van der Waals surface area contributed by atoms with Gasteiger partial charge in [-0.1, -0.05) is 12.2 Å². The lowest BCUT2D eigenvalue weighted by Gasteiger charge is -2.26. The molecule has 0 bridgehead atoms. The van der Waals surface area contributed by atoms with Crippen molar-refractivity contribution in [2.45, 2.75) is 30.8 Å². The van der Waals surface area contributed by atoms with Crippen LogP contribution < -0.4 is 5.32 Å². The first-order valence-corrected chi connectivity index (χ1v) is 8.11. The van der Waals surface area contributed by atoms with Gasteiger partial charge in [-0.3, -0.25) is 14.4 Å². The summed E-state index contributed by atoms with van der Waals surface area (Å²) in [5.74, 6) is 0. The third-order valence-corrected chi connectivity index (χ3v) is 5.63. The van der Waals surface area contributed by atoms with Gasteiger partial charge in [0.15, 0.2) is 0 Å². The first kappa shape index (κ1) is 14.1. The molecular weight excluding hydrogens is 256 g/mol. The lowest BCUT2D eigenvalue weighted by atomic mass is 10.0. The van der Waals surface area contributed by atoms with Crippen LogP contribution in [0.15, 0.2) is 12.2 Å². The highest BCUT2D eigenvalue weighted by molar-refractivity contribution is 7.70. The highest BCUT2D eigenvalue weighted by Crippen LogP contribution is 2.58. The van der Waals surface area contributed by atoms with E-state index in [0.717, 1.165) is 12.8 Å². The van der Waals surface area contributed by atoms with Crippen molar-refractivity contribution in [3.05, 3.63) is 12.2 Å². The summed E-state index contributed by atoms with van der Waals surface area (Å²) in [5, 5.41) is 2.32. The maximum atomic E-state index is 11.0.